The fourth-order valence-corrected chi connectivity index (χ4v) is 2.29. The van der Waals surface area contributed by atoms with E-state index in [9.17, 15) is 19.8 Å². The third-order valence-corrected chi connectivity index (χ3v) is 3.30. The van der Waals surface area contributed by atoms with Crippen molar-refractivity contribution in [3.05, 3.63) is 28.8 Å². The van der Waals surface area contributed by atoms with Crippen LogP contribution in [0.25, 0.3) is 0 Å². The zero-order chi connectivity index (χ0) is 13.0. The zero-order valence-electron chi connectivity index (χ0n) is 9.73. The molecule has 2 aliphatic rings. The van der Waals surface area contributed by atoms with Gasteiger partial charge in [0.2, 0.25) is 0 Å². The van der Waals surface area contributed by atoms with Gasteiger partial charge in [0, 0.05) is 18.7 Å². The van der Waals surface area contributed by atoms with Crippen LogP contribution in [0.1, 0.15) is 26.3 Å². The van der Waals surface area contributed by atoms with E-state index in [-0.39, 0.29) is 22.6 Å². The van der Waals surface area contributed by atoms with Gasteiger partial charge >= 0.3 is 0 Å². The van der Waals surface area contributed by atoms with Gasteiger partial charge in [-0.1, -0.05) is 0 Å². The van der Waals surface area contributed by atoms with Gasteiger partial charge in [-0.25, -0.2) is 0 Å². The Morgan fingerprint density at radius 1 is 1.00 bits per heavy atom. The van der Waals surface area contributed by atoms with E-state index in [1.807, 2.05) is 4.90 Å². The first-order valence-corrected chi connectivity index (χ1v) is 5.62. The summed E-state index contributed by atoms with van der Waals surface area (Å²) in [5, 5.41) is 20.2. The van der Waals surface area contributed by atoms with Crippen molar-refractivity contribution in [3.8, 4) is 11.5 Å². The minimum absolute atomic E-state index is 0.0903. The molecule has 1 fully saturated rings. The van der Waals surface area contributed by atoms with Gasteiger partial charge in [-0.3, -0.25) is 9.59 Å². The van der Waals surface area contributed by atoms with Gasteiger partial charge in [0.15, 0.2) is 17.3 Å². The number of rotatable bonds is 1. The molecule has 1 aliphatic heterocycles. The topological polar surface area (TPSA) is 77.6 Å². The molecule has 1 heterocycles. The Morgan fingerprint density at radius 3 is 2.00 bits per heavy atom. The van der Waals surface area contributed by atoms with Gasteiger partial charge in [0.1, 0.15) is 5.75 Å². The zero-order valence-corrected chi connectivity index (χ0v) is 9.73. The van der Waals surface area contributed by atoms with Crippen LogP contribution < -0.4 is 4.90 Å². The summed E-state index contributed by atoms with van der Waals surface area (Å²) in [4.78, 5) is 25.3. The molecule has 0 radical (unpaired) electrons. The van der Waals surface area contributed by atoms with Gasteiger partial charge in [-0.05, 0) is 19.1 Å². The smallest absolute Gasteiger partial charge is 0.190 e. The Morgan fingerprint density at radius 2 is 1.50 bits per heavy atom. The number of phenolic OH excluding ortho intramolecular Hbond substituents is 2. The van der Waals surface area contributed by atoms with E-state index in [0.29, 0.717) is 11.3 Å². The van der Waals surface area contributed by atoms with Gasteiger partial charge in [0.05, 0.1) is 16.8 Å². The van der Waals surface area contributed by atoms with Crippen molar-refractivity contribution in [3.63, 3.8) is 0 Å². The van der Waals surface area contributed by atoms with E-state index in [0.717, 1.165) is 25.2 Å². The molecular formula is C13H11NO4. The molecule has 5 nitrogen and oxygen atoms in total. The lowest BCUT2D eigenvalue weighted by atomic mass is 9.90. The van der Waals surface area contributed by atoms with Gasteiger partial charge in [-0.15, -0.1) is 0 Å². The van der Waals surface area contributed by atoms with E-state index in [4.69, 9.17) is 0 Å². The third-order valence-electron chi connectivity index (χ3n) is 3.30. The lowest BCUT2D eigenvalue weighted by Crippen LogP contribution is -2.14. The maximum atomic E-state index is 11.8. The maximum Gasteiger partial charge on any atom is 0.190 e. The molecule has 2 N–H and O–H groups in total. The fraction of sp³-hybridized carbons (Fsp3) is 0.231. The van der Waals surface area contributed by atoms with E-state index in [1.54, 1.807) is 6.92 Å². The van der Waals surface area contributed by atoms with Crippen LogP contribution in [-0.2, 0) is 0 Å². The van der Waals surface area contributed by atoms with Crippen LogP contribution in [0.4, 0.5) is 5.69 Å². The molecule has 1 saturated heterocycles. The van der Waals surface area contributed by atoms with Crippen molar-refractivity contribution >= 4 is 17.3 Å². The minimum Gasteiger partial charge on any atom is -0.507 e. The summed E-state index contributed by atoms with van der Waals surface area (Å²) >= 11 is 0. The first-order chi connectivity index (χ1) is 8.52. The van der Waals surface area contributed by atoms with Gasteiger partial charge < -0.3 is 15.1 Å². The summed E-state index contributed by atoms with van der Waals surface area (Å²) in [6.07, 6.45) is 2.23. The predicted octanol–water partition coefficient (Wildman–Crippen LogP) is 1.16. The van der Waals surface area contributed by atoms with Crippen LogP contribution >= 0.6 is 0 Å². The van der Waals surface area contributed by atoms with Gasteiger partial charge in [-0.2, -0.15) is 0 Å². The van der Waals surface area contributed by atoms with E-state index < -0.39 is 11.6 Å². The summed E-state index contributed by atoms with van der Waals surface area (Å²) in [6, 6.07) is 0. The number of anilines is 1. The van der Waals surface area contributed by atoms with E-state index in [1.165, 1.54) is 0 Å². The summed E-state index contributed by atoms with van der Waals surface area (Å²) in [7, 11) is 0. The number of nitrogens with zero attached hydrogens (tertiary/aromatic N) is 1. The molecule has 3 rings (SSSR count). The number of phenols is 2. The van der Waals surface area contributed by atoms with Crippen LogP contribution in [0, 0.1) is 6.92 Å². The highest BCUT2D eigenvalue weighted by Crippen LogP contribution is 2.46. The Bertz CT molecular complexity index is 627. The number of carbonyl (C=O) groups is 2. The monoisotopic (exact) mass is 245 g/mol. The van der Waals surface area contributed by atoms with Crippen molar-refractivity contribution in [1.29, 1.82) is 0 Å². The molecule has 0 bridgehead atoms. The molecule has 0 aromatic heterocycles. The first kappa shape index (κ1) is 10.8. The number of ketones is 2. The van der Waals surface area contributed by atoms with Crippen molar-refractivity contribution in [2.75, 3.05) is 18.0 Å². The van der Waals surface area contributed by atoms with Crippen molar-refractivity contribution in [1.82, 2.24) is 0 Å². The maximum absolute atomic E-state index is 11.8. The second kappa shape index (κ2) is 3.35. The van der Waals surface area contributed by atoms with Crippen LogP contribution in [-0.4, -0.2) is 34.9 Å². The molecule has 0 atom stereocenters. The highest BCUT2D eigenvalue weighted by atomic mass is 16.3. The molecule has 1 aromatic rings. The second-order valence-electron chi connectivity index (χ2n) is 4.47. The Hall–Kier alpha value is -2.30. The van der Waals surface area contributed by atoms with Crippen molar-refractivity contribution in [2.24, 2.45) is 0 Å². The molecular weight excluding hydrogens is 234 g/mol. The summed E-state index contributed by atoms with van der Waals surface area (Å²) < 4.78 is 0. The van der Waals surface area contributed by atoms with Crippen LogP contribution in [0.2, 0.25) is 0 Å². The normalized spacial score (nSPS) is 17.1. The lowest BCUT2D eigenvalue weighted by molar-refractivity contribution is 0.0989. The highest BCUT2D eigenvalue weighted by molar-refractivity contribution is 6.25. The van der Waals surface area contributed by atoms with E-state index in [2.05, 4.69) is 0 Å². The lowest BCUT2D eigenvalue weighted by Gasteiger charge is -2.19. The number of allylic oxidation sites excluding steroid dienone is 2. The number of hydrogen-bond donors (Lipinski definition) is 2. The van der Waals surface area contributed by atoms with Crippen LogP contribution in [0.15, 0.2) is 12.2 Å². The molecule has 1 aliphatic carbocycles. The summed E-state index contributed by atoms with van der Waals surface area (Å²) in [5.74, 6) is -1.34. The number of fused-ring (bicyclic) bond motifs is 1. The Balaban J connectivity index is 2.38. The average Bonchev–Trinajstić information content (AvgIpc) is 3.13. The second-order valence-corrected chi connectivity index (χ2v) is 4.47. The summed E-state index contributed by atoms with van der Waals surface area (Å²) in [6.45, 7) is 3.16. The SMILES string of the molecule is Cc1c(O)c2c(c(O)c1N1CC1)C(=O)C=CC2=O. The fourth-order valence-electron chi connectivity index (χ4n) is 2.29. The average molecular weight is 245 g/mol. The Kier molecular flexibility index (Phi) is 2.02. The van der Waals surface area contributed by atoms with Crippen LogP contribution in [0.3, 0.4) is 0 Å². The molecule has 92 valence electrons. The standard InChI is InChI=1S/C13H11NO4/c1-6-11(14-4-5-14)13(18)10-8(16)3-2-7(15)9(10)12(6)17/h2-3,17-18H,4-5H2,1H3. The first-order valence-electron chi connectivity index (χ1n) is 5.62. The number of carbonyl (C=O) groups excluding carboxylic acids is 2. The van der Waals surface area contributed by atoms with E-state index >= 15 is 0 Å². The third kappa shape index (κ3) is 1.27. The highest BCUT2D eigenvalue weighted by Gasteiger charge is 2.34. The van der Waals surface area contributed by atoms with Crippen molar-refractivity contribution < 1.29 is 19.8 Å². The number of benzene rings is 1. The molecule has 0 spiro atoms. The quantitative estimate of drug-likeness (QED) is 0.573. The van der Waals surface area contributed by atoms with Gasteiger partial charge in [0.25, 0.3) is 0 Å². The predicted molar refractivity (Wildman–Crippen MR) is 64.5 cm³/mol. The number of aromatic hydroxyl groups is 2. The Labute approximate surface area is 103 Å². The molecule has 5 heteroatoms. The molecule has 0 saturated carbocycles. The van der Waals surface area contributed by atoms with Crippen molar-refractivity contribution in [2.45, 2.75) is 6.92 Å². The molecule has 18 heavy (non-hydrogen) atoms. The minimum atomic E-state index is -0.460. The number of hydrogen-bond acceptors (Lipinski definition) is 5. The summed E-state index contributed by atoms with van der Waals surface area (Å²) in [5.41, 5.74) is 0.693. The molecule has 0 amide bonds. The molecule has 1 aromatic carbocycles. The van der Waals surface area contributed by atoms with Crippen LogP contribution in [0.5, 0.6) is 11.5 Å². The largest absolute Gasteiger partial charge is 0.507 e. The molecule has 0 unspecified atom stereocenters.